The number of phenolic OH excluding ortho intramolecular Hbond substituents is 5. The normalized spacial score (nSPS) is 11.8. The summed E-state index contributed by atoms with van der Waals surface area (Å²) < 4.78 is 5.98. The second-order valence-electron chi connectivity index (χ2n) is 11.5. The van der Waals surface area contributed by atoms with Crippen LogP contribution in [0.1, 0.15) is 5.56 Å². The molecule has 0 spiro atoms. The number of hydrogen-bond donors (Lipinski definition) is 6. The molecule has 0 saturated heterocycles. The third-order valence-electron chi connectivity index (χ3n) is 8.81. The maximum Gasteiger partial charge on any atom is 0.169 e. The minimum Gasteiger partial charge on any atom is -0.508 e. The van der Waals surface area contributed by atoms with Gasteiger partial charge in [-0.05, 0) is 41.8 Å². The molecule has 7 nitrogen and oxygen atoms in total. The molecule has 2 aromatic heterocycles. The van der Waals surface area contributed by atoms with E-state index in [1.54, 1.807) is 60.8 Å². The lowest BCUT2D eigenvalue weighted by Crippen LogP contribution is -2.26. The van der Waals surface area contributed by atoms with E-state index >= 15 is 0 Å². The highest BCUT2D eigenvalue weighted by atomic mass is 16.3. The predicted octanol–water partition coefficient (Wildman–Crippen LogP) is 6.65. The van der Waals surface area contributed by atoms with Crippen molar-refractivity contribution < 1.29 is 29.9 Å². The molecule has 0 aliphatic carbocycles. The Balaban J connectivity index is 1.69. The van der Waals surface area contributed by atoms with Crippen molar-refractivity contribution in [3.8, 4) is 62.1 Å². The lowest BCUT2D eigenvalue weighted by molar-refractivity contribution is 0.404. The van der Waals surface area contributed by atoms with Crippen LogP contribution in [0.5, 0.6) is 28.7 Å². The Bertz CT molecular complexity index is 2550. The summed E-state index contributed by atoms with van der Waals surface area (Å²) in [6.07, 6.45) is 1.76. The zero-order chi connectivity index (χ0) is 32.0. The number of fused-ring (bicyclic) bond motifs is 5. The lowest BCUT2D eigenvalue weighted by Gasteiger charge is -2.24. The SMILES string of the molecule is [B]c1c([B])c(O)c2c(-c3ccc4oc5cc[nH]c5c4c3)c3c(O)c(-c4ccccc4)c(O)c(O)c3c(-c3ccc(C)cc3)c2c1O. The van der Waals surface area contributed by atoms with Gasteiger partial charge in [0.05, 0.1) is 11.1 Å². The molecule has 0 amide bonds. The first-order chi connectivity index (χ1) is 22.2. The number of hydrogen-bond acceptors (Lipinski definition) is 6. The first-order valence-corrected chi connectivity index (χ1v) is 14.5. The third kappa shape index (κ3) is 3.69. The fourth-order valence-electron chi connectivity index (χ4n) is 6.61. The number of H-pyrrole nitrogens is 1. The molecule has 0 fully saturated rings. The summed E-state index contributed by atoms with van der Waals surface area (Å²) in [5.41, 5.74) is 4.36. The molecule has 0 bridgehead atoms. The van der Waals surface area contributed by atoms with Crippen LogP contribution in [-0.4, -0.2) is 46.2 Å². The van der Waals surface area contributed by atoms with E-state index in [1.807, 2.05) is 31.2 Å². The average Bonchev–Trinajstić information content (AvgIpc) is 3.67. The lowest BCUT2D eigenvalue weighted by atomic mass is 9.74. The number of benzene rings is 6. The van der Waals surface area contributed by atoms with Crippen molar-refractivity contribution in [3.05, 3.63) is 90.6 Å². The first kappa shape index (κ1) is 27.6. The molecule has 0 aliphatic rings. The van der Waals surface area contributed by atoms with Gasteiger partial charge in [0.25, 0.3) is 0 Å². The Morgan fingerprint density at radius 3 is 1.78 bits per heavy atom. The van der Waals surface area contributed by atoms with Crippen LogP contribution >= 0.6 is 0 Å². The van der Waals surface area contributed by atoms with Crippen molar-refractivity contribution >= 4 is 70.2 Å². The van der Waals surface area contributed by atoms with E-state index in [9.17, 15) is 25.5 Å². The van der Waals surface area contributed by atoms with Gasteiger partial charge >= 0.3 is 0 Å². The fourth-order valence-corrected chi connectivity index (χ4v) is 6.61. The maximum absolute atomic E-state index is 12.2. The summed E-state index contributed by atoms with van der Waals surface area (Å²) >= 11 is 0. The average molecular weight is 599 g/mol. The van der Waals surface area contributed by atoms with Crippen molar-refractivity contribution in [1.29, 1.82) is 0 Å². The van der Waals surface area contributed by atoms with Crippen LogP contribution in [0.25, 0.3) is 77.0 Å². The van der Waals surface area contributed by atoms with Gasteiger partial charge in [0.1, 0.15) is 38.5 Å². The quantitative estimate of drug-likeness (QED) is 0.0585. The minimum atomic E-state index is -0.555. The van der Waals surface area contributed by atoms with E-state index in [4.69, 9.17) is 20.1 Å². The number of furan rings is 1. The van der Waals surface area contributed by atoms with Gasteiger partial charge in [-0.2, -0.15) is 0 Å². The maximum atomic E-state index is 12.2. The number of aromatic hydroxyl groups is 5. The Labute approximate surface area is 264 Å². The van der Waals surface area contributed by atoms with Crippen LogP contribution in [-0.2, 0) is 0 Å². The van der Waals surface area contributed by atoms with Crippen LogP contribution in [0.2, 0.25) is 0 Å². The molecule has 8 rings (SSSR count). The van der Waals surface area contributed by atoms with Crippen molar-refractivity contribution in [2.75, 3.05) is 0 Å². The number of aromatic nitrogens is 1. The summed E-state index contributed by atoms with van der Waals surface area (Å²) in [5.74, 6) is -2.28. The number of aromatic amines is 1. The minimum absolute atomic E-state index is 0.00988. The Morgan fingerprint density at radius 1 is 0.543 bits per heavy atom. The van der Waals surface area contributed by atoms with Gasteiger partial charge in [-0.25, -0.2) is 0 Å². The van der Waals surface area contributed by atoms with Crippen LogP contribution in [0.15, 0.2) is 89.5 Å². The molecule has 46 heavy (non-hydrogen) atoms. The molecule has 6 aromatic carbocycles. The van der Waals surface area contributed by atoms with Gasteiger partial charge in [0, 0.05) is 44.3 Å². The zero-order valence-electron chi connectivity index (χ0n) is 24.4. The molecule has 6 N–H and O–H groups in total. The molecule has 0 saturated carbocycles. The summed E-state index contributed by atoms with van der Waals surface area (Å²) in [6, 6.07) is 23.1. The van der Waals surface area contributed by atoms with E-state index in [0.29, 0.717) is 27.9 Å². The van der Waals surface area contributed by atoms with Crippen LogP contribution in [0.4, 0.5) is 0 Å². The largest absolute Gasteiger partial charge is 0.508 e. The van der Waals surface area contributed by atoms with Crippen LogP contribution < -0.4 is 10.9 Å². The molecule has 8 aromatic rings. The molecule has 4 radical (unpaired) electrons. The van der Waals surface area contributed by atoms with E-state index in [-0.39, 0.29) is 54.9 Å². The van der Waals surface area contributed by atoms with Gasteiger partial charge in [-0.3, -0.25) is 0 Å². The Kier molecular flexibility index (Phi) is 5.86. The van der Waals surface area contributed by atoms with Crippen LogP contribution in [0, 0.1) is 6.92 Å². The number of aryl methyl sites for hydroxylation is 1. The Hall–Kier alpha value is -5.95. The molecule has 9 heteroatoms. The number of rotatable bonds is 3. The second-order valence-corrected chi connectivity index (χ2v) is 11.5. The fraction of sp³-hybridized carbons (Fsp3) is 0.0270. The smallest absolute Gasteiger partial charge is 0.169 e. The summed E-state index contributed by atoms with van der Waals surface area (Å²) in [6.45, 7) is 1.92. The molecule has 0 unspecified atom stereocenters. The number of nitrogens with one attached hydrogen (secondary N) is 1. The van der Waals surface area contributed by atoms with Crippen molar-refractivity contribution in [3.63, 3.8) is 0 Å². The Morgan fingerprint density at radius 2 is 1.11 bits per heavy atom. The van der Waals surface area contributed by atoms with E-state index in [0.717, 1.165) is 16.5 Å². The standard InChI is InChI=1S/C37H23B2NO6/c1-16-7-9-18(10-8-16)23-27-28(35(43)31(39)30(38)34(27)42)24(19-11-12-21-20(15-19)32-22(46-21)13-14-40-32)26-29(23)37(45)36(44)25(33(26)41)17-5-3-2-4-6-17/h2-15,40-45H,1H3. The summed E-state index contributed by atoms with van der Waals surface area (Å²) in [5, 5.41) is 60.1. The summed E-state index contributed by atoms with van der Waals surface area (Å²) in [7, 11) is 12.5. The van der Waals surface area contributed by atoms with E-state index in [1.165, 1.54) is 0 Å². The number of phenols is 5. The zero-order valence-corrected chi connectivity index (χ0v) is 24.4. The van der Waals surface area contributed by atoms with Crippen LogP contribution in [0.3, 0.4) is 0 Å². The molecule has 218 valence electrons. The van der Waals surface area contributed by atoms with Gasteiger partial charge in [-0.1, -0.05) is 77.2 Å². The summed E-state index contributed by atoms with van der Waals surface area (Å²) in [4.78, 5) is 3.18. The molecule has 0 atom stereocenters. The third-order valence-corrected chi connectivity index (χ3v) is 8.81. The van der Waals surface area contributed by atoms with E-state index in [2.05, 4.69) is 4.98 Å². The highest BCUT2D eigenvalue weighted by Crippen LogP contribution is 2.58. The predicted molar refractivity (Wildman–Crippen MR) is 183 cm³/mol. The van der Waals surface area contributed by atoms with Gasteiger partial charge in [0.2, 0.25) is 0 Å². The molecule has 2 heterocycles. The van der Waals surface area contributed by atoms with Gasteiger partial charge < -0.3 is 34.9 Å². The molecular weight excluding hydrogens is 576 g/mol. The molecule has 0 aliphatic heterocycles. The van der Waals surface area contributed by atoms with E-state index < -0.39 is 23.0 Å². The van der Waals surface area contributed by atoms with Gasteiger partial charge in [-0.15, -0.1) is 0 Å². The second kappa shape index (κ2) is 9.78. The van der Waals surface area contributed by atoms with Crippen molar-refractivity contribution in [2.45, 2.75) is 6.92 Å². The highest BCUT2D eigenvalue weighted by Gasteiger charge is 2.31. The van der Waals surface area contributed by atoms with Crippen molar-refractivity contribution in [2.24, 2.45) is 0 Å². The first-order valence-electron chi connectivity index (χ1n) is 14.5. The monoisotopic (exact) mass is 599 g/mol. The van der Waals surface area contributed by atoms with Gasteiger partial charge in [0.15, 0.2) is 17.1 Å². The van der Waals surface area contributed by atoms with Crippen molar-refractivity contribution in [1.82, 2.24) is 4.98 Å². The topological polar surface area (TPSA) is 130 Å². The highest BCUT2D eigenvalue weighted by molar-refractivity contribution is 6.53. The molecular formula is C37H23B2NO6.